The third kappa shape index (κ3) is 6.22. The summed E-state index contributed by atoms with van der Waals surface area (Å²) in [4.78, 5) is 28.3. The molecular formula is C27H27F2N3O3. The van der Waals surface area contributed by atoms with Crippen LogP contribution in [-0.4, -0.2) is 59.1 Å². The molecule has 1 fully saturated rings. The minimum absolute atomic E-state index is 0.194. The van der Waals surface area contributed by atoms with Crippen LogP contribution in [0.15, 0.2) is 78.9 Å². The number of halogens is 2. The number of carbonyl (C=O) groups is 2. The monoisotopic (exact) mass is 479 g/mol. The van der Waals surface area contributed by atoms with Crippen LogP contribution in [0.4, 0.5) is 13.6 Å². The number of carboxylic acid groups (broad SMARTS) is 1. The Balaban J connectivity index is 1.43. The average Bonchev–Trinajstić information content (AvgIpc) is 2.87. The molecule has 0 unspecified atom stereocenters. The SMILES string of the molecule is O=C(O)[C@H](Cc1ccccc1)NC(=O)N1CCN(C(c2ccc(F)cc2)c2ccc(F)cc2)CC1. The first-order valence-electron chi connectivity index (χ1n) is 11.5. The van der Waals surface area contributed by atoms with Crippen LogP contribution in [0, 0.1) is 11.6 Å². The highest BCUT2D eigenvalue weighted by Crippen LogP contribution is 2.30. The van der Waals surface area contributed by atoms with Gasteiger partial charge in [-0.2, -0.15) is 0 Å². The number of amides is 2. The number of rotatable bonds is 7. The van der Waals surface area contributed by atoms with Crippen LogP contribution in [0.5, 0.6) is 0 Å². The minimum atomic E-state index is -1.09. The van der Waals surface area contributed by atoms with Crippen molar-refractivity contribution in [1.82, 2.24) is 15.1 Å². The molecule has 35 heavy (non-hydrogen) atoms. The predicted octanol–water partition coefficient (Wildman–Crippen LogP) is 4.08. The van der Waals surface area contributed by atoms with Crippen molar-refractivity contribution in [3.05, 3.63) is 107 Å². The van der Waals surface area contributed by atoms with Gasteiger partial charge in [0, 0.05) is 32.6 Å². The van der Waals surface area contributed by atoms with E-state index in [1.807, 2.05) is 30.3 Å². The smallest absolute Gasteiger partial charge is 0.326 e. The van der Waals surface area contributed by atoms with Crippen molar-refractivity contribution in [2.75, 3.05) is 26.2 Å². The lowest BCUT2D eigenvalue weighted by Crippen LogP contribution is -2.55. The molecule has 4 rings (SSSR count). The van der Waals surface area contributed by atoms with E-state index < -0.39 is 18.0 Å². The third-order valence-electron chi connectivity index (χ3n) is 6.22. The molecule has 1 saturated heterocycles. The number of carbonyl (C=O) groups excluding carboxylic acids is 1. The molecule has 1 atom stereocenters. The fourth-order valence-corrected chi connectivity index (χ4v) is 4.38. The second kappa shape index (κ2) is 11.1. The van der Waals surface area contributed by atoms with Crippen molar-refractivity contribution in [1.29, 1.82) is 0 Å². The first-order valence-corrected chi connectivity index (χ1v) is 11.5. The van der Waals surface area contributed by atoms with Gasteiger partial charge in [-0.3, -0.25) is 4.90 Å². The third-order valence-corrected chi connectivity index (χ3v) is 6.22. The Morgan fingerprint density at radius 1 is 0.800 bits per heavy atom. The van der Waals surface area contributed by atoms with Gasteiger partial charge in [-0.15, -0.1) is 0 Å². The standard InChI is InChI=1S/C27H27F2N3O3/c28-22-10-6-20(7-11-22)25(21-8-12-23(29)13-9-21)31-14-16-32(17-15-31)27(35)30-24(26(33)34)18-19-4-2-1-3-5-19/h1-13,24-25H,14-18H2,(H,30,35)(H,33,34)/t24-/m0/s1. The summed E-state index contributed by atoms with van der Waals surface area (Å²) < 4.78 is 27.1. The summed E-state index contributed by atoms with van der Waals surface area (Å²) >= 11 is 0. The van der Waals surface area contributed by atoms with Gasteiger partial charge < -0.3 is 15.3 Å². The molecule has 3 aromatic carbocycles. The molecular weight excluding hydrogens is 452 g/mol. The summed E-state index contributed by atoms with van der Waals surface area (Å²) in [6, 6.07) is 19.9. The Bertz CT molecular complexity index is 1090. The summed E-state index contributed by atoms with van der Waals surface area (Å²) in [6.07, 6.45) is 0.194. The zero-order valence-corrected chi connectivity index (χ0v) is 19.1. The van der Waals surface area contributed by atoms with E-state index in [9.17, 15) is 23.5 Å². The Kier molecular flexibility index (Phi) is 7.72. The van der Waals surface area contributed by atoms with E-state index in [1.165, 1.54) is 24.3 Å². The van der Waals surface area contributed by atoms with E-state index in [1.54, 1.807) is 29.2 Å². The second-order valence-electron chi connectivity index (χ2n) is 8.56. The normalized spacial score (nSPS) is 15.1. The Labute approximate surface area is 202 Å². The van der Waals surface area contributed by atoms with Crippen LogP contribution < -0.4 is 5.32 Å². The summed E-state index contributed by atoms with van der Waals surface area (Å²) in [5, 5.41) is 12.2. The van der Waals surface area contributed by atoms with E-state index in [4.69, 9.17) is 0 Å². The molecule has 182 valence electrons. The molecule has 8 heteroatoms. The van der Waals surface area contributed by atoms with Gasteiger partial charge in [0.25, 0.3) is 0 Å². The average molecular weight is 480 g/mol. The summed E-state index contributed by atoms with van der Waals surface area (Å²) in [5.41, 5.74) is 2.56. The van der Waals surface area contributed by atoms with Crippen LogP contribution in [-0.2, 0) is 11.2 Å². The summed E-state index contributed by atoms with van der Waals surface area (Å²) in [6.45, 7) is 1.82. The molecule has 6 nitrogen and oxygen atoms in total. The fourth-order valence-electron chi connectivity index (χ4n) is 4.38. The van der Waals surface area contributed by atoms with Gasteiger partial charge in [-0.05, 0) is 41.0 Å². The van der Waals surface area contributed by atoms with Gasteiger partial charge in [-0.1, -0.05) is 54.6 Å². The number of hydrogen-bond donors (Lipinski definition) is 2. The van der Waals surface area contributed by atoms with Crippen molar-refractivity contribution in [3.8, 4) is 0 Å². The molecule has 0 aliphatic carbocycles. The van der Waals surface area contributed by atoms with Crippen LogP contribution in [0.3, 0.4) is 0 Å². The molecule has 1 heterocycles. The van der Waals surface area contributed by atoms with Crippen LogP contribution in [0.25, 0.3) is 0 Å². The van der Waals surface area contributed by atoms with Crippen molar-refractivity contribution >= 4 is 12.0 Å². The minimum Gasteiger partial charge on any atom is -0.480 e. The van der Waals surface area contributed by atoms with E-state index in [-0.39, 0.29) is 24.1 Å². The van der Waals surface area contributed by atoms with Gasteiger partial charge in [0.05, 0.1) is 6.04 Å². The van der Waals surface area contributed by atoms with Crippen molar-refractivity contribution in [2.45, 2.75) is 18.5 Å². The van der Waals surface area contributed by atoms with Gasteiger partial charge in [0.2, 0.25) is 0 Å². The molecule has 0 saturated carbocycles. The lowest BCUT2D eigenvalue weighted by molar-refractivity contribution is -0.139. The Morgan fingerprint density at radius 3 is 1.80 bits per heavy atom. The topological polar surface area (TPSA) is 72.9 Å². The maximum absolute atomic E-state index is 13.5. The predicted molar refractivity (Wildman–Crippen MR) is 128 cm³/mol. The van der Waals surface area contributed by atoms with Crippen molar-refractivity contribution < 1.29 is 23.5 Å². The molecule has 2 amide bonds. The molecule has 2 N–H and O–H groups in total. The Morgan fingerprint density at radius 2 is 1.31 bits per heavy atom. The zero-order chi connectivity index (χ0) is 24.8. The molecule has 0 bridgehead atoms. The van der Waals surface area contributed by atoms with E-state index in [0.29, 0.717) is 26.2 Å². The van der Waals surface area contributed by atoms with E-state index in [2.05, 4.69) is 10.2 Å². The van der Waals surface area contributed by atoms with Gasteiger partial charge in [-0.25, -0.2) is 18.4 Å². The first-order chi connectivity index (χ1) is 16.9. The van der Waals surface area contributed by atoms with Gasteiger partial charge in [0.15, 0.2) is 0 Å². The largest absolute Gasteiger partial charge is 0.480 e. The number of aliphatic carboxylic acids is 1. The highest BCUT2D eigenvalue weighted by Gasteiger charge is 2.30. The maximum Gasteiger partial charge on any atom is 0.326 e. The molecule has 1 aliphatic heterocycles. The van der Waals surface area contributed by atoms with Gasteiger partial charge in [0.1, 0.15) is 17.7 Å². The summed E-state index contributed by atoms with van der Waals surface area (Å²) in [7, 11) is 0. The van der Waals surface area contributed by atoms with Crippen LogP contribution in [0.1, 0.15) is 22.7 Å². The van der Waals surface area contributed by atoms with E-state index >= 15 is 0 Å². The number of hydrogen-bond acceptors (Lipinski definition) is 3. The zero-order valence-electron chi connectivity index (χ0n) is 19.1. The maximum atomic E-state index is 13.5. The number of carboxylic acids is 1. The lowest BCUT2D eigenvalue weighted by Gasteiger charge is -2.40. The van der Waals surface area contributed by atoms with Crippen molar-refractivity contribution in [3.63, 3.8) is 0 Å². The number of piperazine rings is 1. The molecule has 1 aliphatic rings. The van der Waals surface area contributed by atoms with Crippen LogP contribution in [0.2, 0.25) is 0 Å². The molecule has 0 aromatic heterocycles. The second-order valence-corrected chi connectivity index (χ2v) is 8.56. The molecule has 0 radical (unpaired) electrons. The summed E-state index contributed by atoms with van der Waals surface area (Å²) in [5.74, 6) is -1.76. The number of benzene rings is 3. The highest BCUT2D eigenvalue weighted by atomic mass is 19.1. The number of nitrogens with one attached hydrogen (secondary N) is 1. The number of nitrogens with zero attached hydrogens (tertiary/aromatic N) is 2. The highest BCUT2D eigenvalue weighted by molar-refractivity contribution is 5.82. The molecule has 3 aromatic rings. The first kappa shape index (κ1) is 24.3. The van der Waals surface area contributed by atoms with Crippen LogP contribution >= 0.6 is 0 Å². The molecule has 0 spiro atoms. The lowest BCUT2D eigenvalue weighted by atomic mass is 9.96. The van der Waals surface area contributed by atoms with Gasteiger partial charge >= 0.3 is 12.0 Å². The quantitative estimate of drug-likeness (QED) is 0.536. The van der Waals surface area contributed by atoms with E-state index in [0.717, 1.165) is 16.7 Å². The van der Waals surface area contributed by atoms with Crippen molar-refractivity contribution in [2.24, 2.45) is 0 Å². The Hall–Kier alpha value is -3.78. The fraction of sp³-hybridized carbons (Fsp3) is 0.259. The number of urea groups is 1.